The monoisotopic (exact) mass is 733 g/mol. The molecule has 4 aliphatic rings. The summed E-state index contributed by atoms with van der Waals surface area (Å²) >= 11 is 0. The van der Waals surface area contributed by atoms with Gasteiger partial charge in [-0.05, 0) is 66.4 Å². The zero-order valence-corrected chi connectivity index (χ0v) is 31.4. The summed E-state index contributed by atoms with van der Waals surface area (Å²) in [5, 5.41) is 17.6. The second-order valence-corrected chi connectivity index (χ2v) is 15.4. The molecule has 6 atom stereocenters. The molecule has 0 aromatic carbocycles. The molecule has 2 aromatic heterocycles. The molecule has 1 spiro atoms. The Hall–Kier alpha value is -4.72. The van der Waals surface area contributed by atoms with Crippen molar-refractivity contribution in [2.45, 2.75) is 121 Å². The number of ether oxygens (including phenoxy) is 4. The maximum absolute atomic E-state index is 14.7. The number of fused-ring (bicyclic) bond motifs is 5. The molecule has 14 heteroatoms. The smallest absolute Gasteiger partial charge is 0.408 e. The molecule has 3 aliphatic heterocycles. The fraction of sp³-hybridized carbons (Fsp3) is 0.590. The molecule has 1 fully saturated rings. The molecule has 1 aliphatic carbocycles. The summed E-state index contributed by atoms with van der Waals surface area (Å²) in [7, 11) is 1.50. The number of aliphatic hydroxyl groups excluding tert-OH is 1. The highest BCUT2D eigenvalue weighted by Crippen LogP contribution is 2.49. The number of rotatable bonds is 4. The normalized spacial score (nSPS) is 29.5. The van der Waals surface area contributed by atoms with Crippen molar-refractivity contribution in [3.63, 3.8) is 0 Å². The number of nitrogens with one attached hydrogen (secondary N) is 2. The Balaban J connectivity index is 1.41. The van der Waals surface area contributed by atoms with E-state index in [0.29, 0.717) is 53.2 Å². The average molecular weight is 734 g/mol. The first kappa shape index (κ1) is 38.0. The van der Waals surface area contributed by atoms with E-state index in [4.69, 9.17) is 23.9 Å². The molecule has 0 radical (unpaired) electrons. The van der Waals surface area contributed by atoms with Gasteiger partial charge in [0.2, 0.25) is 17.7 Å². The Morgan fingerprint density at radius 3 is 2.66 bits per heavy atom. The van der Waals surface area contributed by atoms with Crippen molar-refractivity contribution in [1.29, 1.82) is 0 Å². The first-order chi connectivity index (χ1) is 25.2. The van der Waals surface area contributed by atoms with Gasteiger partial charge >= 0.3 is 12.1 Å². The van der Waals surface area contributed by atoms with Crippen molar-refractivity contribution in [2.75, 3.05) is 20.3 Å². The summed E-state index contributed by atoms with van der Waals surface area (Å²) in [6.45, 7) is 8.73. The van der Waals surface area contributed by atoms with Crippen LogP contribution in [0.2, 0.25) is 0 Å². The van der Waals surface area contributed by atoms with E-state index in [1.54, 1.807) is 52.8 Å². The third kappa shape index (κ3) is 7.69. The lowest BCUT2D eigenvalue weighted by Gasteiger charge is -2.38. The van der Waals surface area contributed by atoms with Gasteiger partial charge in [-0.1, -0.05) is 37.1 Å². The fourth-order valence-corrected chi connectivity index (χ4v) is 7.99. The van der Waals surface area contributed by atoms with Crippen molar-refractivity contribution in [3.05, 3.63) is 47.7 Å². The predicted octanol–water partition coefficient (Wildman–Crippen LogP) is 4.51. The summed E-state index contributed by atoms with van der Waals surface area (Å²) in [6, 6.07) is 1.30. The molecule has 1 saturated heterocycles. The Bertz CT molecular complexity index is 1820. The first-order valence-electron chi connectivity index (χ1n) is 18.5. The molecule has 286 valence electrons. The third-order valence-corrected chi connectivity index (χ3v) is 10.4. The lowest BCUT2D eigenvalue weighted by atomic mass is 9.84. The highest BCUT2D eigenvalue weighted by molar-refractivity contribution is 5.96. The third-order valence-electron chi connectivity index (χ3n) is 10.4. The SMILES string of the molecule is CCOC(=O)[C@@]12C=CC[C@H]1/C=C\CCCCC[C@H](NC(=O)OC(C)(C)C)C(=O)N1C[C@@]3(CC(O)c4c(c(C)nc5ccc(OC)nc45)O3)C[C@H]1C(=O)N2. The molecule has 14 nitrogen and oxygen atoms in total. The van der Waals surface area contributed by atoms with Crippen LogP contribution in [0.1, 0.15) is 96.4 Å². The van der Waals surface area contributed by atoms with Crippen LogP contribution in [0.15, 0.2) is 36.4 Å². The van der Waals surface area contributed by atoms with Gasteiger partial charge in [-0.15, -0.1) is 0 Å². The van der Waals surface area contributed by atoms with Crippen LogP contribution in [0.3, 0.4) is 0 Å². The van der Waals surface area contributed by atoms with Crippen LogP contribution in [-0.2, 0) is 23.9 Å². The molecule has 5 heterocycles. The zero-order valence-electron chi connectivity index (χ0n) is 31.4. The van der Waals surface area contributed by atoms with Crippen molar-refractivity contribution in [2.24, 2.45) is 5.92 Å². The molecule has 2 aromatic rings. The number of hydrogen-bond donors (Lipinski definition) is 3. The van der Waals surface area contributed by atoms with Crippen molar-refractivity contribution in [3.8, 4) is 11.6 Å². The summed E-state index contributed by atoms with van der Waals surface area (Å²) in [4.78, 5) is 66.9. The van der Waals surface area contributed by atoms with E-state index in [1.807, 2.05) is 18.2 Å². The minimum absolute atomic E-state index is 0.00757. The highest BCUT2D eigenvalue weighted by atomic mass is 16.6. The summed E-state index contributed by atoms with van der Waals surface area (Å²) in [6.07, 6.45) is 9.51. The van der Waals surface area contributed by atoms with E-state index in [2.05, 4.69) is 15.6 Å². The van der Waals surface area contributed by atoms with Gasteiger partial charge in [0.1, 0.15) is 34.6 Å². The van der Waals surface area contributed by atoms with Crippen molar-refractivity contribution < 1.29 is 43.2 Å². The van der Waals surface area contributed by atoms with Gasteiger partial charge in [0.15, 0.2) is 5.54 Å². The van der Waals surface area contributed by atoms with E-state index in [0.717, 1.165) is 19.3 Å². The van der Waals surface area contributed by atoms with Crippen LogP contribution >= 0.6 is 0 Å². The first-order valence-corrected chi connectivity index (χ1v) is 18.5. The van der Waals surface area contributed by atoms with Gasteiger partial charge in [0.05, 0.1) is 43.1 Å². The number of nitrogens with zero attached hydrogens (tertiary/aromatic N) is 3. The maximum Gasteiger partial charge on any atom is 0.408 e. The number of alkyl carbamates (subject to hydrolysis) is 1. The van der Waals surface area contributed by atoms with Crippen molar-refractivity contribution in [1.82, 2.24) is 25.5 Å². The number of aliphatic hydroxyl groups is 1. The Labute approximate surface area is 309 Å². The standard InChI is InChI=1S/C39H51N5O9/c1-7-51-35(48)39-19-13-15-24(39)14-11-9-8-10-12-16-26(41-36(49)53-37(3,4)5)34(47)44-22-38(20-27(44)33(46)43-39)21-28(45)30-31-25(17-18-29(42-31)50-6)40-23(2)32(30)52-38/h11,13-14,17-19,24,26-28,45H,7-10,12,15-16,20-22H2,1-6H3,(H,41,49)(H,43,46)/b14-11-/t24-,26+,27+,28?,38+,39-/m1/s1. The number of hydrogen-bond acceptors (Lipinski definition) is 11. The van der Waals surface area contributed by atoms with E-state index < -0.39 is 64.7 Å². The zero-order chi connectivity index (χ0) is 38.1. The molecule has 0 bridgehead atoms. The predicted molar refractivity (Wildman–Crippen MR) is 194 cm³/mol. The van der Waals surface area contributed by atoms with Crippen LogP contribution in [0.5, 0.6) is 11.6 Å². The topological polar surface area (TPSA) is 179 Å². The minimum Gasteiger partial charge on any atom is -0.483 e. The van der Waals surface area contributed by atoms with Crippen LogP contribution in [-0.4, -0.2) is 92.9 Å². The number of amides is 3. The van der Waals surface area contributed by atoms with Crippen LogP contribution < -0.4 is 20.1 Å². The van der Waals surface area contributed by atoms with Crippen LogP contribution in [0, 0.1) is 12.8 Å². The van der Waals surface area contributed by atoms with Crippen LogP contribution in [0.4, 0.5) is 4.79 Å². The summed E-state index contributed by atoms with van der Waals surface area (Å²) < 4.78 is 23.2. The quantitative estimate of drug-likeness (QED) is 0.298. The summed E-state index contributed by atoms with van der Waals surface area (Å²) in [5.74, 6) is -1.40. The number of methoxy groups -OCH3 is 1. The Morgan fingerprint density at radius 2 is 1.92 bits per heavy atom. The molecular formula is C39H51N5O9. The maximum atomic E-state index is 14.7. The number of carbonyl (C=O) groups is 4. The van der Waals surface area contributed by atoms with E-state index >= 15 is 0 Å². The fourth-order valence-electron chi connectivity index (χ4n) is 7.99. The Morgan fingerprint density at radius 1 is 1.13 bits per heavy atom. The minimum atomic E-state index is -1.49. The molecule has 0 saturated carbocycles. The van der Waals surface area contributed by atoms with Crippen molar-refractivity contribution >= 4 is 34.9 Å². The molecule has 1 unspecified atom stereocenters. The molecule has 53 heavy (non-hydrogen) atoms. The van der Waals surface area contributed by atoms with Gasteiger partial charge in [0, 0.05) is 24.8 Å². The van der Waals surface area contributed by atoms with Gasteiger partial charge in [-0.2, -0.15) is 0 Å². The number of carbonyl (C=O) groups excluding carboxylic acids is 4. The average Bonchev–Trinajstić information content (AvgIpc) is 3.67. The van der Waals surface area contributed by atoms with E-state index in [9.17, 15) is 24.3 Å². The number of allylic oxidation sites excluding steroid dienone is 2. The van der Waals surface area contributed by atoms with E-state index in [-0.39, 0.29) is 26.0 Å². The molecule has 6 rings (SSSR count). The summed E-state index contributed by atoms with van der Waals surface area (Å²) in [5.41, 5.74) is -1.58. The lowest BCUT2D eigenvalue weighted by molar-refractivity contribution is -0.153. The van der Waals surface area contributed by atoms with Gasteiger partial charge in [0.25, 0.3) is 0 Å². The molecular weight excluding hydrogens is 682 g/mol. The van der Waals surface area contributed by atoms with Crippen LogP contribution in [0.25, 0.3) is 11.0 Å². The highest BCUT2D eigenvalue weighted by Gasteiger charge is 2.57. The second-order valence-electron chi connectivity index (χ2n) is 15.4. The molecule has 3 amide bonds. The second kappa shape index (κ2) is 15.0. The van der Waals surface area contributed by atoms with Gasteiger partial charge < -0.3 is 39.6 Å². The molecule has 3 N–H and O–H groups in total. The van der Waals surface area contributed by atoms with Gasteiger partial charge in [-0.3, -0.25) is 9.59 Å². The Kier molecular flexibility index (Phi) is 10.7. The van der Waals surface area contributed by atoms with E-state index in [1.165, 1.54) is 12.0 Å². The number of aromatic nitrogens is 2. The lowest BCUT2D eigenvalue weighted by Crippen LogP contribution is -2.61. The number of esters is 1. The largest absolute Gasteiger partial charge is 0.483 e. The van der Waals surface area contributed by atoms with Gasteiger partial charge in [-0.25, -0.2) is 19.6 Å². The number of aryl methyl sites for hydroxylation is 1. The number of pyridine rings is 2.